The van der Waals surface area contributed by atoms with Crippen LogP contribution in [-0.2, 0) is 4.79 Å². The maximum atomic E-state index is 12.4. The van der Waals surface area contributed by atoms with Gasteiger partial charge in [0.25, 0.3) is 0 Å². The summed E-state index contributed by atoms with van der Waals surface area (Å²) in [7, 11) is 0. The van der Waals surface area contributed by atoms with Crippen LogP contribution in [0.15, 0.2) is 24.3 Å². The molecule has 0 aliphatic carbocycles. The van der Waals surface area contributed by atoms with Crippen LogP contribution < -0.4 is 0 Å². The minimum Gasteiger partial charge on any atom is -0.481 e. The van der Waals surface area contributed by atoms with E-state index in [-0.39, 0.29) is 5.56 Å². The number of carboxylic acid groups (broad SMARTS) is 1. The number of hydrogen-bond acceptors (Lipinski definition) is 1. The second-order valence-corrected chi connectivity index (χ2v) is 4.11. The highest BCUT2D eigenvalue weighted by molar-refractivity contribution is 14.1. The Labute approximate surface area is 97.2 Å². The van der Waals surface area contributed by atoms with E-state index in [1.165, 1.54) is 24.3 Å². The number of rotatable bonds is 2. The summed E-state index contributed by atoms with van der Waals surface area (Å²) in [6.45, 7) is 0. The van der Waals surface area contributed by atoms with Crippen molar-refractivity contribution in [3.8, 4) is 0 Å². The average molecular weight is 330 g/mol. The third-order valence-corrected chi connectivity index (χ3v) is 2.50. The smallest absolute Gasteiger partial charge is 0.406 e. The van der Waals surface area contributed by atoms with Crippen LogP contribution in [0.4, 0.5) is 13.2 Å². The predicted molar refractivity (Wildman–Crippen MR) is 55.6 cm³/mol. The van der Waals surface area contributed by atoms with Crippen LogP contribution in [0.3, 0.4) is 0 Å². The molecular formula is C9H6F3IO2. The minimum atomic E-state index is -4.77. The zero-order valence-electron chi connectivity index (χ0n) is 7.25. The van der Waals surface area contributed by atoms with Crippen molar-refractivity contribution in [1.29, 1.82) is 0 Å². The van der Waals surface area contributed by atoms with E-state index in [0.29, 0.717) is 0 Å². The first-order valence-electron chi connectivity index (χ1n) is 3.87. The minimum absolute atomic E-state index is 0.254. The zero-order valence-corrected chi connectivity index (χ0v) is 9.41. The first-order valence-corrected chi connectivity index (χ1v) is 4.95. The van der Waals surface area contributed by atoms with E-state index in [1.807, 2.05) is 22.6 Å². The molecule has 0 aliphatic heterocycles. The molecule has 0 saturated carbocycles. The van der Waals surface area contributed by atoms with Crippen LogP contribution >= 0.6 is 22.6 Å². The molecule has 0 aromatic heterocycles. The van der Waals surface area contributed by atoms with Gasteiger partial charge in [0, 0.05) is 3.57 Å². The number of aliphatic carboxylic acids is 1. The van der Waals surface area contributed by atoms with Gasteiger partial charge in [0.1, 0.15) is 0 Å². The number of carboxylic acids is 1. The Morgan fingerprint density at radius 3 is 2.07 bits per heavy atom. The molecule has 0 radical (unpaired) electrons. The zero-order chi connectivity index (χ0) is 11.6. The van der Waals surface area contributed by atoms with Gasteiger partial charge in [0.05, 0.1) is 0 Å². The second-order valence-electron chi connectivity index (χ2n) is 2.86. The number of alkyl halides is 3. The van der Waals surface area contributed by atoms with Crippen LogP contribution in [0.5, 0.6) is 0 Å². The number of hydrogen-bond donors (Lipinski definition) is 1. The van der Waals surface area contributed by atoms with E-state index >= 15 is 0 Å². The Morgan fingerprint density at radius 2 is 1.73 bits per heavy atom. The third kappa shape index (κ3) is 3.08. The lowest BCUT2D eigenvalue weighted by atomic mass is 9.99. The number of halogens is 4. The molecule has 1 atom stereocenters. The van der Waals surface area contributed by atoms with E-state index < -0.39 is 18.1 Å². The van der Waals surface area contributed by atoms with Gasteiger partial charge in [0.15, 0.2) is 5.92 Å². The van der Waals surface area contributed by atoms with E-state index in [9.17, 15) is 18.0 Å². The summed E-state index contributed by atoms with van der Waals surface area (Å²) in [5.41, 5.74) is -0.254. The predicted octanol–water partition coefficient (Wildman–Crippen LogP) is 3.02. The SMILES string of the molecule is O=C(O)C(c1ccc(I)cc1)C(F)(F)F. The standard InChI is InChI=1S/C9H6F3IO2/c10-9(11,12)7(8(14)15)5-1-3-6(13)4-2-5/h1-4,7H,(H,14,15). The highest BCUT2D eigenvalue weighted by Crippen LogP contribution is 2.35. The van der Waals surface area contributed by atoms with Gasteiger partial charge in [-0.3, -0.25) is 4.79 Å². The summed E-state index contributed by atoms with van der Waals surface area (Å²) in [5.74, 6) is -4.33. The van der Waals surface area contributed by atoms with Crippen molar-refractivity contribution in [2.75, 3.05) is 0 Å². The molecule has 0 saturated heterocycles. The van der Waals surface area contributed by atoms with Gasteiger partial charge >= 0.3 is 12.1 Å². The molecule has 0 bridgehead atoms. The fraction of sp³-hybridized carbons (Fsp3) is 0.222. The van der Waals surface area contributed by atoms with Crippen LogP contribution in [-0.4, -0.2) is 17.3 Å². The molecule has 0 aliphatic rings. The van der Waals surface area contributed by atoms with Crippen LogP contribution in [0.1, 0.15) is 11.5 Å². The molecule has 1 aromatic carbocycles. The van der Waals surface area contributed by atoms with Gasteiger partial charge in [-0.15, -0.1) is 0 Å². The van der Waals surface area contributed by atoms with Gasteiger partial charge in [-0.05, 0) is 40.3 Å². The lowest BCUT2D eigenvalue weighted by molar-refractivity contribution is -0.176. The summed E-state index contributed by atoms with van der Waals surface area (Å²) in [6, 6.07) is 5.23. The maximum Gasteiger partial charge on any atom is 0.406 e. The molecular weight excluding hydrogens is 324 g/mol. The average Bonchev–Trinajstić information content (AvgIpc) is 2.05. The fourth-order valence-electron chi connectivity index (χ4n) is 1.13. The van der Waals surface area contributed by atoms with Crippen molar-refractivity contribution in [3.05, 3.63) is 33.4 Å². The van der Waals surface area contributed by atoms with Gasteiger partial charge in [-0.1, -0.05) is 12.1 Å². The molecule has 1 unspecified atom stereocenters. The van der Waals surface area contributed by atoms with Gasteiger partial charge in [0.2, 0.25) is 0 Å². The third-order valence-electron chi connectivity index (χ3n) is 1.78. The Morgan fingerprint density at radius 1 is 1.27 bits per heavy atom. The Balaban J connectivity index is 3.11. The maximum absolute atomic E-state index is 12.4. The molecule has 2 nitrogen and oxygen atoms in total. The summed E-state index contributed by atoms with van der Waals surface area (Å²) >= 11 is 1.93. The molecule has 15 heavy (non-hydrogen) atoms. The molecule has 1 rings (SSSR count). The first kappa shape index (κ1) is 12.3. The monoisotopic (exact) mass is 330 g/mol. The van der Waals surface area contributed by atoms with Crippen molar-refractivity contribution < 1.29 is 23.1 Å². The molecule has 1 N–H and O–H groups in total. The van der Waals surface area contributed by atoms with Gasteiger partial charge < -0.3 is 5.11 Å². The lowest BCUT2D eigenvalue weighted by Gasteiger charge is -2.16. The van der Waals surface area contributed by atoms with E-state index in [2.05, 4.69) is 0 Å². The highest BCUT2D eigenvalue weighted by Gasteiger charge is 2.46. The Hall–Kier alpha value is -0.790. The second kappa shape index (κ2) is 4.38. The van der Waals surface area contributed by atoms with Crippen molar-refractivity contribution in [1.82, 2.24) is 0 Å². The molecule has 0 spiro atoms. The molecule has 6 heteroatoms. The van der Waals surface area contributed by atoms with E-state index in [0.717, 1.165) is 3.57 Å². The topological polar surface area (TPSA) is 37.3 Å². The van der Waals surface area contributed by atoms with Crippen LogP contribution in [0, 0.1) is 3.57 Å². The Kier molecular flexibility index (Phi) is 3.58. The summed E-state index contributed by atoms with van der Waals surface area (Å²) in [6.07, 6.45) is -4.77. The van der Waals surface area contributed by atoms with Crippen LogP contribution in [0.2, 0.25) is 0 Å². The summed E-state index contributed by atoms with van der Waals surface area (Å²) in [5, 5.41) is 8.51. The first-order chi connectivity index (χ1) is 6.82. The summed E-state index contributed by atoms with van der Waals surface area (Å²) < 4.78 is 37.9. The summed E-state index contributed by atoms with van der Waals surface area (Å²) in [4.78, 5) is 10.5. The molecule has 1 aromatic rings. The van der Waals surface area contributed by atoms with Crippen molar-refractivity contribution in [2.45, 2.75) is 12.1 Å². The fourth-order valence-corrected chi connectivity index (χ4v) is 1.49. The quantitative estimate of drug-likeness (QED) is 0.847. The van der Waals surface area contributed by atoms with E-state index in [4.69, 9.17) is 5.11 Å². The van der Waals surface area contributed by atoms with Crippen LogP contribution in [0.25, 0.3) is 0 Å². The van der Waals surface area contributed by atoms with Gasteiger partial charge in [-0.25, -0.2) is 0 Å². The molecule has 0 fully saturated rings. The number of benzene rings is 1. The van der Waals surface area contributed by atoms with Crippen molar-refractivity contribution in [2.24, 2.45) is 0 Å². The Bertz CT molecular complexity index is 359. The largest absolute Gasteiger partial charge is 0.481 e. The highest BCUT2D eigenvalue weighted by atomic mass is 127. The van der Waals surface area contributed by atoms with E-state index in [1.54, 1.807) is 0 Å². The molecule has 82 valence electrons. The lowest BCUT2D eigenvalue weighted by Crippen LogP contribution is -2.28. The van der Waals surface area contributed by atoms with Crippen molar-refractivity contribution in [3.63, 3.8) is 0 Å². The molecule has 0 heterocycles. The molecule has 0 amide bonds. The van der Waals surface area contributed by atoms with Crippen molar-refractivity contribution >= 4 is 28.6 Å². The normalized spacial score (nSPS) is 13.6. The number of carbonyl (C=O) groups is 1. The van der Waals surface area contributed by atoms with Gasteiger partial charge in [-0.2, -0.15) is 13.2 Å².